The first-order chi connectivity index (χ1) is 13.7. The van der Waals surface area contributed by atoms with Gasteiger partial charge < -0.3 is 10.1 Å². The fourth-order valence-corrected chi connectivity index (χ4v) is 4.43. The van der Waals surface area contributed by atoms with E-state index in [0.29, 0.717) is 17.4 Å². The standard InChI is InChI=1S/C20H27N5O3/c26-18(14-25-19(27)16-6-2-3-7-17(16)22-23-25)21-15-20(8-4-1-5-9-20)24-10-12-28-13-11-24/h2-3,6-7H,1,4-5,8-15H2,(H,21,26). The van der Waals surface area contributed by atoms with E-state index in [9.17, 15) is 9.59 Å². The summed E-state index contributed by atoms with van der Waals surface area (Å²) in [6, 6.07) is 7.03. The van der Waals surface area contributed by atoms with Crippen LogP contribution in [-0.2, 0) is 16.1 Å². The van der Waals surface area contributed by atoms with Crippen LogP contribution in [0, 0.1) is 0 Å². The average Bonchev–Trinajstić information content (AvgIpc) is 2.76. The fourth-order valence-electron chi connectivity index (χ4n) is 4.43. The first-order valence-corrected chi connectivity index (χ1v) is 10.1. The molecule has 0 bridgehead atoms. The van der Waals surface area contributed by atoms with E-state index in [1.807, 2.05) is 6.07 Å². The molecule has 1 aliphatic carbocycles. The van der Waals surface area contributed by atoms with Crippen LogP contribution in [0.2, 0.25) is 0 Å². The van der Waals surface area contributed by atoms with E-state index >= 15 is 0 Å². The molecule has 2 aliphatic rings. The molecule has 4 rings (SSSR count). The minimum absolute atomic E-state index is 0.00227. The first-order valence-electron chi connectivity index (χ1n) is 10.1. The molecule has 2 aromatic rings. The number of nitrogens with zero attached hydrogens (tertiary/aromatic N) is 4. The molecule has 0 spiro atoms. The van der Waals surface area contributed by atoms with Crippen molar-refractivity contribution in [1.29, 1.82) is 0 Å². The summed E-state index contributed by atoms with van der Waals surface area (Å²) in [6.45, 7) is 3.80. The minimum Gasteiger partial charge on any atom is -0.379 e. The van der Waals surface area contributed by atoms with Crippen LogP contribution in [-0.4, -0.2) is 64.2 Å². The third-order valence-corrected chi connectivity index (χ3v) is 6.00. The molecule has 1 aromatic heterocycles. The molecular formula is C20H27N5O3. The van der Waals surface area contributed by atoms with Crippen LogP contribution < -0.4 is 10.9 Å². The van der Waals surface area contributed by atoms with Crippen molar-refractivity contribution in [3.8, 4) is 0 Å². The Morgan fingerprint density at radius 3 is 2.68 bits per heavy atom. The molecule has 1 saturated carbocycles. The van der Waals surface area contributed by atoms with Gasteiger partial charge >= 0.3 is 0 Å². The van der Waals surface area contributed by atoms with E-state index in [2.05, 4.69) is 20.5 Å². The molecule has 2 fully saturated rings. The summed E-state index contributed by atoms with van der Waals surface area (Å²) in [5.74, 6) is -0.204. The van der Waals surface area contributed by atoms with Gasteiger partial charge in [0.25, 0.3) is 5.56 Å². The molecule has 28 heavy (non-hydrogen) atoms. The fraction of sp³-hybridized carbons (Fsp3) is 0.600. The Morgan fingerprint density at radius 2 is 1.89 bits per heavy atom. The maximum atomic E-state index is 12.6. The van der Waals surface area contributed by atoms with Crippen molar-refractivity contribution in [2.24, 2.45) is 0 Å². The molecule has 1 aromatic carbocycles. The zero-order chi connectivity index (χ0) is 19.4. The van der Waals surface area contributed by atoms with Gasteiger partial charge in [-0.15, -0.1) is 5.10 Å². The molecule has 1 saturated heterocycles. The van der Waals surface area contributed by atoms with Gasteiger partial charge in [-0.25, -0.2) is 4.68 Å². The van der Waals surface area contributed by atoms with Crippen molar-refractivity contribution in [2.75, 3.05) is 32.8 Å². The monoisotopic (exact) mass is 385 g/mol. The third kappa shape index (κ3) is 3.93. The maximum absolute atomic E-state index is 12.6. The number of fused-ring (bicyclic) bond motifs is 1. The highest BCUT2D eigenvalue weighted by Crippen LogP contribution is 2.33. The molecule has 150 valence electrons. The number of hydrogen-bond acceptors (Lipinski definition) is 6. The largest absolute Gasteiger partial charge is 0.379 e. The second kappa shape index (κ2) is 8.36. The molecule has 1 amide bonds. The average molecular weight is 385 g/mol. The van der Waals surface area contributed by atoms with Gasteiger partial charge in [0.05, 0.1) is 18.6 Å². The Kier molecular flexibility index (Phi) is 5.68. The zero-order valence-corrected chi connectivity index (χ0v) is 16.1. The molecule has 1 aliphatic heterocycles. The van der Waals surface area contributed by atoms with E-state index in [4.69, 9.17) is 4.74 Å². The Morgan fingerprint density at radius 1 is 1.14 bits per heavy atom. The maximum Gasteiger partial charge on any atom is 0.278 e. The summed E-state index contributed by atoms with van der Waals surface area (Å²) < 4.78 is 6.64. The minimum atomic E-state index is -0.290. The quantitative estimate of drug-likeness (QED) is 0.824. The summed E-state index contributed by atoms with van der Waals surface area (Å²) in [7, 11) is 0. The van der Waals surface area contributed by atoms with Crippen LogP contribution in [0.15, 0.2) is 29.1 Å². The van der Waals surface area contributed by atoms with E-state index in [-0.39, 0.29) is 23.6 Å². The zero-order valence-electron chi connectivity index (χ0n) is 16.1. The van der Waals surface area contributed by atoms with Crippen molar-refractivity contribution in [2.45, 2.75) is 44.2 Å². The number of ether oxygens (including phenoxy) is 1. The molecular weight excluding hydrogens is 358 g/mol. The van der Waals surface area contributed by atoms with Crippen molar-refractivity contribution < 1.29 is 9.53 Å². The van der Waals surface area contributed by atoms with Crippen molar-refractivity contribution in [3.63, 3.8) is 0 Å². The molecule has 0 atom stereocenters. The molecule has 0 radical (unpaired) electrons. The SMILES string of the molecule is O=C(Cn1nnc2ccccc2c1=O)NCC1(N2CCOCC2)CCCCC1. The first kappa shape index (κ1) is 19.0. The number of rotatable bonds is 5. The molecule has 8 heteroatoms. The summed E-state index contributed by atoms with van der Waals surface area (Å²) in [5, 5.41) is 11.5. The number of aromatic nitrogens is 3. The lowest BCUT2D eigenvalue weighted by atomic mass is 9.79. The predicted molar refractivity (Wildman–Crippen MR) is 105 cm³/mol. The Labute approximate surface area is 163 Å². The van der Waals surface area contributed by atoms with Gasteiger partial charge in [-0.3, -0.25) is 14.5 Å². The molecule has 2 heterocycles. The Hall–Kier alpha value is -2.32. The highest BCUT2D eigenvalue weighted by molar-refractivity contribution is 5.78. The Bertz CT molecular complexity index is 885. The summed E-state index contributed by atoms with van der Waals surface area (Å²) in [4.78, 5) is 27.6. The van der Waals surface area contributed by atoms with Crippen LogP contribution in [0.1, 0.15) is 32.1 Å². The van der Waals surface area contributed by atoms with Gasteiger partial charge in [0.1, 0.15) is 12.1 Å². The summed E-state index contributed by atoms with van der Waals surface area (Å²) >= 11 is 0. The van der Waals surface area contributed by atoms with E-state index in [1.54, 1.807) is 18.2 Å². The lowest BCUT2D eigenvalue weighted by Crippen LogP contribution is -2.60. The predicted octanol–water partition coefficient (Wildman–Crippen LogP) is 0.943. The second-order valence-electron chi connectivity index (χ2n) is 7.73. The number of amides is 1. The summed E-state index contributed by atoms with van der Waals surface area (Å²) in [5.41, 5.74) is 0.247. The molecule has 1 N–H and O–H groups in total. The van der Waals surface area contributed by atoms with E-state index in [1.165, 1.54) is 19.3 Å². The molecule has 0 unspecified atom stereocenters. The van der Waals surface area contributed by atoms with Crippen LogP contribution in [0.5, 0.6) is 0 Å². The van der Waals surface area contributed by atoms with Gasteiger partial charge in [-0.05, 0) is 25.0 Å². The number of benzene rings is 1. The number of hydrogen-bond donors (Lipinski definition) is 1. The normalized spacial score (nSPS) is 20.1. The Balaban J connectivity index is 1.44. The number of carbonyl (C=O) groups is 1. The van der Waals surface area contributed by atoms with Gasteiger partial charge in [-0.1, -0.05) is 36.6 Å². The van der Waals surface area contributed by atoms with Crippen molar-refractivity contribution >= 4 is 16.8 Å². The second-order valence-corrected chi connectivity index (χ2v) is 7.73. The van der Waals surface area contributed by atoms with Crippen molar-refractivity contribution in [1.82, 2.24) is 25.2 Å². The van der Waals surface area contributed by atoms with Gasteiger partial charge in [0, 0.05) is 25.2 Å². The summed E-state index contributed by atoms with van der Waals surface area (Å²) in [6.07, 6.45) is 5.79. The van der Waals surface area contributed by atoms with Gasteiger partial charge in [0.15, 0.2) is 0 Å². The van der Waals surface area contributed by atoms with Crippen LogP contribution in [0.4, 0.5) is 0 Å². The van der Waals surface area contributed by atoms with Crippen LogP contribution >= 0.6 is 0 Å². The van der Waals surface area contributed by atoms with Gasteiger partial charge in [-0.2, -0.15) is 0 Å². The number of morpholine rings is 1. The third-order valence-electron chi connectivity index (χ3n) is 6.00. The highest BCUT2D eigenvalue weighted by Gasteiger charge is 2.38. The topological polar surface area (TPSA) is 89.3 Å². The van der Waals surface area contributed by atoms with Crippen LogP contribution in [0.25, 0.3) is 10.9 Å². The lowest BCUT2D eigenvalue weighted by molar-refractivity contribution is -0.123. The molecule has 8 nitrogen and oxygen atoms in total. The van der Waals surface area contributed by atoms with Crippen LogP contribution in [0.3, 0.4) is 0 Å². The number of nitrogens with one attached hydrogen (secondary N) is 1. The highest BCUT2D eigenvalue weighted by atomic mass is 16.5. The lowest BCUT2D eigenvalue weighted by Gasteiger charge is -2.48. The van der Waals surface area contributed by atoms with E-state index in [0.717, 1.165) is 43.8 Å². The van der Waals surface area contributed by atoms with E-state index < -0.39 is 0 Å². The van der Waals surface area contributed by atoms with Crippen molar-refractivity contribution in [3.05, 3.63) is 34.6 Å². The van der Waals surface area contributed by atoms with Gasteiger partial charge in [0.2, 0.25) is 5.91 Å². The number of carbonyl (C=O) groups excluding carboxylic acids is 1. The smallest absolute Gasteiger partial charge is 0.278 e.